The first-order valence-corrected chi connectivity index (χ1v) is 15.7. The minimum absolute atomic E-state index is 0.259. The summed E-state index contributed by atoms with van der Waals surface area (Å²) in [7, 11) is 1.74. The Kier molecular flexibility index (Phi) is 9.00. The second-order valence-electron chi connectivity index (χ2n) is 10.8. The summed E-state index contributed by atoms with van der Waals surface area (Å²) >= 11 is 11.8. The molecule has 12 heteroatoms. The van der Waals surface area contributed by atoms with Crippen LogP contribution in [0, 0.1) is 0 Å². The minimum Gasteiger partial charge on any atom is -0.369 e. The lowest BCUT2D eigenvalue weighted by molar-refractivity contribution is 0.101. The number of benzene rings is 3. The van der Waals surface area contributed by atoms with Crippen LogP contribution in [-0.4, -0.2) is 57.1 Å². The van der Waals surface area contributed by atoms with Crippen LogP contribution in [0.5, 0.6) is 0 Å². The predicted molar refractivity (Wildman–Crippen MR) is 186 cm³/mol. The average Bonchev–Trinajstić information content (AvgIpc) is 3.79. The van der Waals surface area contributed by atoms with E-state index >= 15 is 0 Å². The van der Waals surface area contributed by atoms with Crippen molar-refractivity contribution in [3.05, 3.63) is 108 Å². The Hall–Kier alpha value is -5.19. The highest BCUT2D eigenvalue weighted by Gasteiger charge is 2.17. The number of nitrogens with one attached hydrogen (secondary N) is 5. The van der Waals surface area contributed by atoms with Crippen LogP contribution in [0.4, 0.5) is 22.7 Å². The molecular weight excluding hydrogens is 625 g/mol. The Morgan fingerprint density at radius 1 is 0.717 bits per heavy atom. The molecule has 10 nitrogen and oxygen atoms in total. The molecule has 0 spiro atoms. The summed E-state index contributed by atoms with van der Waals surface area (Å²) in [5, 5.41) is 10.5. The fourth-order valence-electron chi connectivity index (χ4n) is 5.31. The molecule has 0 saturated carbocycles. The number of hydrogen-bond acceptors (Lipinski definition) is 4. The van der Waals surface area contributed by atoms with Crippen LogP contribution >= 0.6 is 23.2 Å². The predicted octanol–water partition coefficient (Wildman–Crippen LogP) is 7.03. The summed E-state index contributed by atoms with van der Waals surface area (Å²) in [4.78, 5) is 47.4. The molecule has 0 atom stereocenters. The molecule has 0 aliphatic rings. The van der Waals surface area contributed by atoms with Crippen LogP contribution in [0.2, 0.25) is 0 Å². The number of fused-ring (bicyclic) bond motifs is 2. The Labute approximate surface area is 274 Å². The number of anilines is 4. The molecule has 46 heavy (non-hydrogen) atoms. The third kappa shape index (κ3) is 6.73. The Bertz CT molecular complexity index is 2040. The van der Waals surface area contributed by atoms with Crippen molar-refractivity contribution in [3.8, 4) is 0 Å². The third-order valence-corrected chi connectivity index (χ3v) is 7.97. The van der Waals surface area contributed by atoms with Gasteiger partial charge in [-0.2, -0.15) is 0 Å². The number of halogens is 2. The summed E-state index contributed by atoms with van der Waals surface area (Å²) in [5.74, 6) is 0.0233. The Morgan fingerprint density at radius 2 is 1.37 bits per heavy atom. The number of carbonyl (C=O) groups excluding carboxylic acids is 3. The first kappa shape index (κ1) is 30.8. The summed E-state index contributed by atoms with van der Waals surface area (Å²) in [6.45, 7) is 1.32. The number of carbonyl (C=O) groups is 3. The number of aryl methyl sites for hydroxylation is 1. The van der Waals surface area contributed by atoms with Crippen molar-refractivity contribution in [2.45, 2.75) is 0 Å². The molecule has 3 heterocycles. The van der Waals surface area contributed by atoms with Crippen LogP contribution in [0.3, 0.4) is 0 Å². The maximum absolute atomic E-state index is 13.1. The largest absolute Gasteiger partial charge is 0.369 e. The smallest absolute Gasteiger partial charge is 0.272 e. The van der Waals surface area contributed by atoms with Gasteiger partial charge in [0.1, 0.15) is 11.4 Å². The van der Waals surface area contributed by atoms with E-state index in [0.29, 0.717) is 64.4 Å². The molecule has 0 bridgehead atoms. The Balaban J connectivity index is 1.10. The fourth-order valence-corrected chi connectivity index (χ4v) is 5.71. The number of H-pyrrole nitrogens is 2. The van der Waals surface area contributed by atoms with Gasteiger partial charge in [0.2, 0.25) is 0 Å². The highest BCUT2D eigenvalue weighted by molar-refractivity contribution is 6.18. The molecule has 0 aliphatic carbocycles. The molecule has 0 fully saturated rings. The van der Waals surface area contributed by atoms with Crippen molar-refractivity contribution in [1.82, 2.24) is 14.5 Å². The molecule has 3 aromatic heterocycles. The van der Waals surface area contributed by atoms with Gasteiger partial charge >= 0.3 is 0 Å². The van der Waals surface area contributed by atoms with Gasteiger partial charge in [0.25, 0.3) is 17.7 Å². The van der Waals surface area contributed by atoms with E-state index in [4.69, 9.17) is 23.2 Å². The minimum atomic E-state index is -0.367. The van der Waals surface area contributed by atoms with Crippen molar-refractivity contribution < 1.29 is 14.4 Å². The number of rotatable bonds is 11. The lowest BCUT2D eigenvalue weighted by atomic mass is 10.1. The Morgan fingerprint density at radius 3 is 2.09 bits per heavy atom. The molecule has 0 unspecified atom stereocenters. The number of amides is 3. The SMILES string of the molecule is Cn1cc(NC(=O)c2cc3ccc(NC(=O)c4ccc(N(CCCl)CCCl)cc4)cc3[nH]2)cc1C(=O)Nc1ccc2cc[nH]c2c1. The van der Waals surface area contributed by atoms with E-state index in [-0.39, 0.29) is 17.7 Å². The maximum atomic E-state index is 13.1. The molecule has 0 saturated heterocycles. The van der Waals surface area contributed by atoms with Gasteiger partial charge in [-0.3, -0.25) is 14.4 Å². The molecular formula is C34H31Cl2N7O3. The van der Waals surface area contributed by atoms with Crippen LogP contribution in [0.15, 0.2) is 91.3 Å². The molecule has 5 N–H and O–H groups in total. The van der Waals surface area contributed by atoms with Crippen molar-refractivity contribution in [3.63, 3.8) is 0 Å². The maximum Gasteiger partial charge on any atom is 0.272 e. The standard InChI is InChI=1S/C34H31Cl2N7O3/c1-42-20-26(19-31(42)34(46)39-24-6-2-21-10-13-37-28(21)17-24)40-33(45)30-16-23-3-7-25(18-29(23)41-30)38-32(44)22-4-8-27(9-5-22)43(14-11-35)15-12-36/h2-10,13,16-20,37,41H,11-12,14-15H2,1H3,(H,38,44)(H,39,46)(H,40,45). The molecule has 0 aliphatic heterocycles. The second kappa shape index (κ2) is 13.4. The van der Waals surface area contributed by atoms with Gasteiger partial charge in [0.05, 0.1) is 5.69 Å². The van der Waals surface area contributed by atoms with Crippen LogP contribution in [-0.2, 0) is 7.05 Å². The molecule has 0 radical (unpaired) electrons. The molecule has 3 aromatic carbocycles. The second-order valence-corrected chi connectivity index (χ2v) is 11.5. The number of nitrogens with zero attached hydrogens (tertiary/aromatic N) is 2. The molecule has 3 amide bonds. The van der Waals surface area contributed by atoms with Gasteiger partial charge in [-0.05, 0) is 72.1 Å². The summed E-state index contributed by atoms with van der Waals surface area (Å²) in [6.07, 6.45) is 3.52. The van der Waals surface area contributed by atoms with Crippen molar-refractivity contribution >= 4 is 85.5 Å². The lowest BCUT2D eigenvalue weighted by Gasteiger charge is -2.22. The zero-order valence-electron chi connectivity index (χ0n) is 24.9. The van der Waals surface area contributed by atoms with E-state index in [2.05, 4.69) is 30.8 Å². The van der Waals surface area contributed by atoms with Crippen LogP contribution < -0.4 is 20.9 Å². The first-order chi connectivity index (χ1) is 22.3. The van der Waals surface area contributed by atoms with E-state index in [9.17, 15) is 14.4 Å². The van der Waals surface area contributed by atoms with E-state index < -0.39 is 0 Å². The van der Waals surface area contributed by atoms with Gasteiger partial charge < -0.3 is 35.4 Å². The lowest BCUT2D eigenvalue weighted by Crippen LogP contribution is -2.27. The van der Waals surface area contributed by atoms with E-state index in [0.717, 1.165) is 22.0 Å². The van der Waals surface area contributed by atoms with Gasteiger partial charge in [0.15, 0.2) is 0 Å². The van der Waals surface area contributed by atoms with Crippen LogP contribution in [0.1, 0.15) is 31.3 Å². The third-order valence-electron chi connectivity index (χ3n) is 7.64. The first-order valence-electron chi connectivity index (χ1n) is 14.6. The average molecular weight is 657 g/mol. The summed E-state index contributed by atoms with van der Waals surface area (Å²) < 4.78 is 1.65. The molecule has 6 aromatic rings. The van der Waals surface area contributed by atoms with Crippen molar-refractivity contribution in [2.24, 2.45) is 7.05 Å². The number of aromatic amines is 2. The van der Waals surface area contributed by atoms with Crippen molar-refractivity contribution in [1.29, 1.82) is 0 Å². The topological polar surface area (TPSA) is 127 Å². The molecule has 6 rings (SSSR count). The van der Waals surface area contributed by atoms with E-state index in [1.807, 2.05) is 48.7 Å². The summed E-state index contributed by atoms with van der Waals surface area (Å²) in [6, 6.07) is 23.6. The summed E-state index contributed by atoms with van der Waals surface area (Å²) in [5.41, 5.74) is 5.48. The number of aromatic nitrogens is 3. The zero-order valence-corrected chi connectivity index (χ0v) is 26.4. The van der Waals surface area contributed by atoms with E-state index in [1.165, 1.54) is 0 Å². The molecule has 234 valence electrons. The highest BCUT2D eigenvalue weighted by Crippen LogP contribution is 2.24. The normalized spacial score (nSPS) is 11.1. The fraction of sp³-hybridized carbons (Fsp3) is 0.147. The monoisotopic (exact) mass is 655 g/mol. The van der Waals surface area contributed by atoms with Gasteiger partial charge in [-0.15, -0.1) is 23.2 Å². The van der Waals surface area contributed by atoms with Gasteiger partial charge in [-0.25, -0.2) is 0 Å². The van der Waals surface area contributed by atoms with E-state index in [1.54, 1.807) is 54.2 Å². The quantitative estimate of drug-likeness (QED) is 0.0960. The highest BCUT2D eigenvalue weighted by atomic mass is 35.5. The van der Waals surface area contributed by atoms with Gasteiger partial charge in [0, 0.05) is 83.3 Å². The van der Waals surface area contributed by atoms with Crippen molar-refractivity contribution in [2.75, 3.05) is 45.7 Å². The number of alkyl halides is 2. The zero-order chi connectivity index (χ0) is 32.2. The van der Waals surface area contributed by atoms with Crippen LogP contribution in [0.25, 0.3) is 21.8 Å². The number of hydrogen-bond donors (Lipinski definition) is 5. The van der Waals surface area contributed by atoms with Gasteiger partial charge in [-0.1, -0.05) is 12.1 Å².